The number of unbranched alkanes of at least 4 members (excludes halogenated alkanes) is 1. The third-order valence-electron chi connectivity index (χ3n) is 7.73. The molecule has 13 heteroatoms. The number of carbonyl (C=O) groups is 1. The molecule has 0 saturated carbocycles. The molecule has 0 fully saturated rings. The molecule has 48 heavy (non-hydrogen) atoms. The Labute approximate surface area is 286 Å². The molecule has 1 unspecified atom stereocenters. The van der Waals surface area contributed by atoms with Gasteiger partial charge >= 0.3 is 5.97 Å². The maximum Gasteiger partial charge on any atom is 0.337 e. The van der Waals surface area contributed by atoms with Gasteiger partial charge in [-0.3, -0.25) is 13.5 Å². The topological polar surface area (TPSA) is 131 Å². The first-order valence-corrected chi connectivity index (χ1v) is 18.1. The number of hydrogen-bond acceptors (Lipinski definition) is 6. The van der Waals surface area contributed by atoms with Crippen LogP contribution in [0.2, 0.25) is 5.02 Å². The van der Waals surface area contributed by atoms with Crippen LogP contribution in [0.3, 0.4) is 0 Å². The van der Waals surface area contributed by atoms with E-state index < -0.39 is 33.1 Å². The van der Waals surface area contributed by atoms with Crippen molar-refractivity contribution in [2.45, 2.75) is 31.4 Å². The summed E-state index contributed by atoms with van der Waals surface area (Å²) >= 11 is 3.48. The van der Waals surface area contributed by atoms with E-state index in [1.165, 1.54) is 30.3 Å². The molecular weight excluding hydrogens is 677 g/mol. The van der Waals surface area contributed by atoms with Gasteiger partial charge in [-0.1, -0.05) is 60.1 Å². The molecule has 0 amide bonds. The molecule has 0 radical (unpaired) electrons. The number of carboxylic acid groups (broad SMARTS) is 1. The third-order valence-corrected chi connectivity index (χ3v) is 10.5. The zero-order chi connectivity index (χ0) is 34.3. The van der Waals surface area contributed by atoms with Gasteiger partial charge in [0, 0.05) is 46.1 Å². The van der Waals surface area contributed by atoms with Gasteiger partial charge in [0.1, 0.15) is 5.82 Å². The highest BCUT2D eigenvalue weighted by Gasteiger charge is 2.27. The minimum atomic E-state index is -4.10. The summed E-state index contributed by atoms with van der Waals surface area (Å²) in [6, 6.07) is 27.6. The number of aromatic carboxylic acids is 1. The average Bonchev–Trinajstić information content (AvgIpc) is 3.05. The zero-order valence-electron chi connectivity index (χ0n) is 25.7. The molecule has 0 spiro atoms. The van der Waals surface area contributed by atoms with Crippen LogP contribution in [0.5, 0.6) is 0 Å². The Hall–Kier alpha value is -4.36. The Kier molecular flexibility index (Phi) is 11.4. The molecule has 4 aromatic carbocycles. The van der Waals surface area contributed by atoms with Crippen LogP contribution in [-0.4, -0.2) is 46.3 Å². The molecule has 1 heterocycles. The fourth-order valence-corrected chi connectivity index (χ4v) is 7.76. The molecule has 1 aromatic heterocycles. The first-order valence-electron chi connectivity index (χ1n) is 15.1. The summed E-state index contributed by atoms with van der Waals surface area (Å²) in [5.74, 6) is -2.17. The molecule has 5 aromatic rings. The van der Waals surface area contributed by atoms with Crippen LogP contribution in [0, 0.1) is 5.82 Å². The number of aromatic nitrogens is 1. The van der Waals surface area contributed by atoms with E-state index in [1.807, 2.05) is 42.5 Å². The predicted molar refractivity (Wildman–Crippen MR) is 186 cm³/mol. The lowest BCUT2D eigenvalue weighted by atomic mass is 10.0. The van der Waals surface area contributed by atoms with E-state index in [0.717, 1.165) is 42.9 Å². The summed E-state index contributed by atoms with van der Waals surface area (Å²) < 4.78 is 67.2. The number of benzene rings is 4. The zero-order valence-corrected chi connectivity index (χ0v) is 28.1. The summed E-state index contributed by atoms with van der Waals surface area (Å²) in [5.41, 5.74) is 3.24. The Morgan fingerprint density at radius 2 is 1.58 bits per heavy atom. The lowest BCUT2D eigenvalue weighted by Crippen LogP contribution is -2.35. The second kappa shape index (κ2) is 15.7. The fourth-order valence-electron chi connectivity index (χ4n) is 5.40. The summed E-state index contributed by atoms with van der Waals surface area (Å²) in [6.07, 6.45) is 1.70. The van der Waals surface area contributed by atoms with Gasteiger partial charge in [-0.05, 0) is 91.4 Å². The molecule has 0 saturated heterocycles. The van der Waals surface area contributed by atoms with Crippen LogP contribution in [0.25, 0.3) is 10.9 Å². The van der Waals surface area contributed by atoms with E-state index in [1.54, 1.807) is 18.2 Å². The first kappa shape index (κ1) is 35.0. The lowest BCUT2D eigenvalue weighted by Gasteiger charge is -2.28. The molecular formula is C35H32ClFN3O6S2-. The van der Waals surface area contributed by atoms with Gasteiger partial charge in [-0.2, -0.15) is 0 Å². The van der Waals surface area contributed by atoms with E-state index in [0.29, 0.717) is 23.4 Å². The molecule has 0 aliphatic carbocycles. The first-order chi connectivity index (χ1) is 23.0. The molecule has 1 N–H and O–H groups in total. The maximum absolute atomic E-state index is 14.0. The van der Waals surface area contributed by atoms with Crippen molar-refractivity contribution in [3.8, 4) is 0 Å². The van der Waals surface area contributed by atoms with Crippen molar-refractivity contribution in [2.24, 2.45) is 0 Å². The Bertz CT molecular complexity index is 2050. The van der Waals surface area contributed by atoms with Crippen molar-refractivity contribution in [1.82, 2.24) is 4.98 Å². The van der Waals surface area contributed by atoms with Crippen molar-refractivity contribution < 1.29 is 31.5 Å². The van der Waals surface area contributed by atoms with Gasteiger partial charge in [0.05, 0.1) is 22.5 Å². The summed E-state index contributed by atoms with van der Waals surface area (Å²) in [4.78, 5) is 16.8. The summed E-state index contributed by atoms with van der Waals surface area (Å²) in [7, 11) is -4.10. The molecule has 9 nitrogen and oxygen atoms in total. The van der Waals surface area contributed by atoms with Gasteiger partial charge in [0.2, 0.25) is 10.0 Å². The Morgan fingerprint density at radius 3 is 2.33 bits per heavy atom. The number of para-hydroxylation sites is 1. The Morgan fingerprint density at radius 1 is 0.875 bits per heavy atom. The second-order valence-electron chi connectivity index (χ2n) is 11.1. The van der Waals surface area contributed by atoms with Crippen molar-refractivity contribution in [3.63, 3.8) is 0 Å². The van der Waals surface area contributed by atoms with Crippen LogP contribution in [0.15, 0.2) is 103 Å². The number of aryl methyl sites for hydroxylation is 2. The number of nitrogens with zero attached hydrogens (tertiary/aromatic N) is 3. The van der Waals surface area contributed by atoms with E-state index in [-0.39, 0.29) is 48.6 Å². The van der Waals surface area contributed by atoms with Gasteiger partial charge in [0.15, 0.2) is 0 Å². The minimum absolute atomic E-state index is 0.0113. The average molecular weight is 709 g/mol. The number of anilines is 2. The molecule has 5 rings (SSSR count). The van der Waals surface area contributed by atoms with Gasteiger partial charge in [-0.25, -0.2) is 17.6 Å². The van der Waals surface area contributed by atoms with Crippen LogP contribution in [-0.2, 0) is 39.9 Å². The van der Waals surface area contributed by atoms with Crippen LogP contribution < -0.4 is 8.61 Å². The summed E-state index contributed by atoms with van der Waals surface area (Å²) in [5, 5.41) is 11.4. The van der Waals surface area contributed by atoms with E-state index in [4.69, 9.17) is 16.6 Å². The van der Waals surface area contributed by atoms with Crippen molar-refractivity contribution in [3.05, 3.63) is 136 Å². The molecule has 250 valence electrons. The number of halogens is 2. The minimum Gasteiger partial charge on any atom is -0.755 e. The van der Waals surface area contributed by atoms with E-state index in [2.05, 4.69) is 0 Å². The molecule has 0 aliphatic rings. The van der Waals surface area contributed by atoms with Crippen LogP contribution >= 0.6 is 11.6 Å². The smallest absolute Gasteiger partial charge is 0.337 e. The van der Waals surface area contributed by atoms with Gasteiger partial charge in [-0.15, -0.1) is 0 Å². The molecule has 1 atom stereocenters. The maximum atomic E-state index is 14.0. The van der Waals surface area contributed by atoms with Crippen molar-refractivity contribution >= 4 is 61.1 Å². The number of carboxylic acids is 1. The quantitative estimate of drug-likeness (QED) is 0.0922. The van der Waals surface area contributed by atoms with Crippen LogP contribution in [0.1, 0.15) is 40.0 Å². The number of pyridine rings is 1. The number of hydrogen-bond donors (Lipinski definition) is 1. The van der Waals surface area contributed by atoms with E-state index >= 15 is 0 Å². The molecule has 0 aliphatic heterocycles. The van der Waals surface area contributed by atoms with Gasteiger partial charge < -0.3 is 14.0 Å². The number of rotatable bonds is 15. The number of fused-ring (bicyclic) bond motifs is 1. The monoisotopic (exact) mass is 708 g/mol. The third kappa shape index (κ3) is 8.95. The summed E-state index contributed by atoms with van der Waals surface area (Å²) in [6.45, 7) is -0.0793. The highest BCUT2D eigenvalue weighted by molar-refractivity contribution is 7.92. The lowest BCUT2D eigenvalue weighted by molar-refractivity contribution is 0.0697. The Balaban J connectivity index is 1.31. The predicted octanol–water partition coefficient (Wildman–Crippen LogP) is 6.93. The normalized spacial score (nSPS) is 12.1. The van der Waals surface area contributed by atoms with E-state index in [9.17, 15) is 31.5 Å². The highest BCUT2D eigenvalue weighted by Crippen LogP contribution is 2.27. The largest absolute Gasteiger partial charge is 0.755 e. The number of sulfonamides is 1. The highest BCUT2D eigenvalue weighted by atomic mass is 35.5. The standard InChI is InChI=1S/C35H33ClFN3O6S2/c36-28-13-11-27-12-17-30(38-33(27)23-28)16-10-25-6-5-7-26(22-25)24-48(45,46)40(34-9-2-1-8-32(34)35(41)42)21-4-3-20-39(47(43)44)31-18-14-29(37)15-19-31/h1-2,5-9,11-15,17-19,22-23H,3-4,10,16,20-21,24H2,(H,41,42)(H,43,44)/p-1. The fraction of sp³-hybridized carbons (Fsp3) is 0.200. The van der Waals surface area contributed by atoms with Crippen molar-refractivity contribution in [1.29, 1.82) is 0 Å². The van der Waals surface area contributed by atoms with Crippen LogP contribution in [0.4, 0.5) is 15.8 Å². The second-order valence-corrected chi connectivity index (χ2v) is 14.3. The molecule has 0 bridgehead atoms. The van der Waals surface area contributed by atoms with Crippen molar-refractivity contribution in [2.75, 3.05) is 21.7 Å². The van der Waals surface area contributed by atoms with Gasteiger partial charge in [0.25, 0.3) is 0 Å². The SMILES string of the molecule is O=C(O)c1ccccc1N(CCCCN(c1ccc(F)cc1)S(=O)[O-])S(=O)(=O)Cc1cccc(CCc2ccc3ccc(Cl)cc3n2)c1.